The van der Waals surface area contributed by atoms with E-state index in [1.54, 1.807) is 6.20 Å². The van der Waals surface area contributed by atoms with Crippen molar-refractivity contribution in [2.24, 2.45) is 5.41 Å². The van der Waals surface area contributed by atoms with Gasteiger partial charge >= 0.3 is 0 Å². The second kappa shape index (κ2) is 6.44. The number of aromatic nitrogens is 1. The fraction of sp³-hybridized carbons (Fsp3) is 0.182. The fourth-order valence-electron chi connectivity index (χ4n) is 3.88. The monoisotopic (exact) mass is 358 g/mol. The number of thiazole rings is 1. The van der Waals surface area contributed by atoms with Gasteiger partial charge in [0.2, 0.25) is 5.91 Å². The molecule has 2 atom stereocenters. The molecule has 1 heterocycles. The number of hydrogen-bond donors (Lipinski definition) is 1. The molecule has 0 aliphatic heterocycles. The lowest BCUT2D eigenvalue weighted by molar-refractivity contribution is -0.125. The molecule has 26 heavy (non-hydrogen) atoms. The predicted octanol–water partition coefficient (Wildman–Crippen LogP) is 4.46. The SMILES string of the molecule is C#Cc1ccc2c(c1)C(c1ccccc1)C(C)(C(=O)Nc1nccs1)C2. The highest BCUT2D eigenvalue weighted by molar-refractivity contribution is 7.13. The first-order valence-electron chi connectivity index (χ1n) is 8.47. The van der Waals surface area contributed by atoms with Crippen LogP contribution in [0.25, 0.3) is 0 Å². The molecule has 1 aliphatic rings. The van der Waals surface area contributed by atoms with E-state index in [0.29, 0.717) is 11.6 Å². The number of rotatable bonds is 3. The zero-order valence-corrected chi connectivity index (χ0v) is 15.2. The number of nitrogens with one attached hydrogen (secondary N) is 1. The highest BCUT2D eigenvalue weighted by atomic mass is 32.1. The smallest absolute Gasteiger partial charge is 0.233 e. The third-order valence-corrected chi connectivity index (χ3v) is 5.81. The molecule has 1 aromatic heterocycles. The van der Waals surface area contributed by atoms with Gasteiger partial charge in [-0.05, 0) is 42.2 Å². The third kappa shape index (κ3) is 2.71. The van der Waals surface area contributed by atoms with Crippen LogP contribution in [0.3, 0.4) is 0 Å². The molecule has 1 N–H and O–H groups in total. The van der Waals surface area contributed by atoms with Crippen molar-refractivity contribution >= 4 is 22.4 Å². The topological polar surface area (TPSA) is 42.0 Å². The van der Waals surface area contributed by atoms with Crippen LogP contribution < -0.4 is 5.32 Å². The summed E-state index contributed by atoms with van der Waals surface area (Å²) in [6.45, 7) is 2.03. The summed E-state index contributed by atoms with van der Waals surface area (Å²) in [4.78, 5) is 17.4. The highest BCUT2D eigenvalue weighted by Crippen LogP contribution is 2.51. The lowest BCUT2D eigenvalue weighted by Crippen LogP contribution is -2.37. The van der Waals surface area contributed by atoms with Gasteiger partial charge in [-0.15, -0.1) is 17.8 Å². The summed E-state index contributed by atoms with van der Waals surface area (Å²) in [5.74, 6) is 2.65. The number of amides is 1. The van der Waals surface area contributed by atoms with E-state index in [0.717, 1.165) is 16.7 Å². The van der Waals surface area contributed by atoms with Crippen LogP contribution >= 0.6 is 11.3 Å². The van der Waals surface area contributed by atoms with Gasteiger partial charge in [-0.3, -0.25) is 4.79 Å². The molecule has 0 bridgehead atoms. The average Bonchev–Trinajstić information content (AvgIpc) is 3.27. The van der Waals surface area contributed by atoms with E-state index in [-0.39, 0.29) is 11.8 Å². The number of hydrogen-bond acceptors (Lipinski definition) is 3. The van der Waals surface area contributed by atoms with Crippen molar-refractivity contribution in [1.82, 2.24) is 4.98 Å². The van der Waals surface area contributed by atoms with Crippen LogP contribution in [-0.2, 0) is 11.2 Å². The molecule has 1 amide bonds. The van der Waals surface area contributed by atoms with E-state index < -0.39 is 5.41 Å². The first-order valence-corrected chi connectivity index (χ1v) is 9.35. The summed E-state index contributed by atoms with van der Waals surface area (Å²) >= 11 is 1.43. The molecule has 1 aliphatic carbocycles. The van der Waals surface area contributed by atoms with Crippen LogP contribution in [0.4, 0.5) is 5.13 Å². The molecule has 0 saturated heterocycles. The Kier molecular flexibility index (Phi) is 4.10. The van der Waals surface area contributed by atoms with Gasteiger partial charge in [0.1, 0.15) is 0 Å². The Morgan fingerprint density at radius 2 is 2.12 bits per heavy atom. The molecule has 3 aromatic rings. The Labute approximate surface area is 157 Å². The van der Waals surface area contributed by atoms with Crippen LogP contribution in [0.15, 0.2) is 60.1 Å². The highest BCUT2D eigenvalue weighted by Gasteiger charge is 2.48. The maximum absolute atomic E-state index is 13.3. The van der Waals surface area contributed by atoms with Crippen molar-refractivity contribution in [2.45, 2.75) is 19.3 Å². The summed E-state index contributed by atoms with van der Waals surface area (Å²) < 4.78 is 0. The van der Waals surface area contributed by atoms with Crippen LogP contribution in [0.5, 0.6) is 0 Å². The summed E-state index contributed by atoms with van der Waals surface area (Å²) in [5.41, 5.74) is 3.67. The van der Waals surface area contributed by atoms with Crippen molar-refractivity contribution in [2.75, 3.05) is 5.32 Å². The Hall–Kier alpha value is -2.90. The van der Waals surface area contributed by atoms with E-state index in [2.05, 4.69) is 40.5 Å². The Bertz CT molecular complexity index is 989. The minimum absolute atomic E-state index is 0.0141. The molecule has 0 radical (unpaired) electrons. The van der Waals surface area contributed by atoms with Crippen molar-refractivity contribution in [1.29, 1.82) is 0 Å². The Morgan fingerprint density at radius 1 is 1.31 bits per heavy atom. The van der Waals surface area contributed by atoms with Crippen molar-refractivity contribution < 1.29 is 4.79 Å². The van der Waals surface area contributed by atoms with Crippen LogP contribution in [0.2, 0.25) is 0 Å². The first kappa shape index (κ1) is 16.6. The van der Waals surface area contributed by atoms with Gasteiger partial charge in [0.25, 0.3) is 0 Å². The normalized spacial score (nSPS) is 21.0. The second-order valence-corrected chi connectivity index (χ2v) is 7.68. The van der Waals surface area contributed by atoms with Gasteiger partial charge in [-0.25, -0.2) is 4.98 Å². The summed E-state index contributed by atoms with van der Waals surface area (Å²) in [6.07, 6.45) is 7.97. The van der Waals surface area contributed by atoms with E-state index in [4.69, 9.17) is 6.42 Å². The van der Waals surface area contributed by atoms with E-state index in [9.17, 15) is 4.79 Å². The number of benzene rings is 2. The Balaban J connectivity index is 1.81. The largest absolute Gasteiger partial charge is 0.301 e. The van der Waals surface area contributed by atoms with Crippen molar-refractivity contribution in [3.63, 3.8) is 0 Å². The quantitative estimate of drug-likeness (QED) is 0.703. The van der Waals surface area contributed by atoms with Crippen LogP contribution in [0, 0.1) is 17.8 Å². The van der Waals surface area contributed by atoms with Gasteiger partial charge in [0.15, 0.2) is 5.13 Å². The second-order valence-electron chi connectivity index (χ2n) is 6.79. The van der Waals surface area contributed by atoms with E-state index in [1.807, 2.05) is 36.6 Å². The maximum atomic E-state index is 13.3. The van der Waals surface area contributed by atoms with Gasteiger partial charge in [0.05, 0.1) is 5.41 Å². The van der Waals surface area contributed by atoms with Gasteiger partial charge in [0, 0.05) is 23.1 Å². The molecule has 3 nitrogen and oxygen atoms in total. The summed E-state index contributed by atoms with van der Waals surface area (Å²) in [7, 11) is 0. The number of fused-ring (bicyclic) bond motifs is 1. The van der Waals surface area contributed by atoms with Gasteiger partial charge in [-0.2, -0.15) is 0 Å². The zero-order chi connectivity index (χ0) is 18.1. The standard InChI is InChI=1S/C22H18N2OS/c1-3-15-9-10-17-14-22(2,20(25)24-21-23-11-12-26-21)19(18(17)13-15)16-7-5-4-6-8-16/h1,4-13,19H,14H2,2H3,(H,23,24,25). The lowest BCUT2D eigenvalue weighted by Gasteiger charge is -2.31. The maximum Gasteiger partial charge on any atom is 0.233 e. The summed E-state index contributed by atoms with van der Waals surface area (Å²) in [6, 6.07) is 16.2. The minimum Gasteiger partial charge on any atom is -0.301 e. The lowest BCUT2D eigenvalue weighted by atomic mass is 9.73. The van der Waals surface area contributed by atoms with Crippen LogP contribution in [0.1, 0.15) is 35.1 Å². The molecule has 0 fully saturated rings. The molecular weight excluding hydrogens is 340 g/mol. The van der Waals surface area contributed by atoms with E-state index >= 15 is 0 Å². The first-order chi connectivity index (χ1) is 12.6. The molecule has 4 rings (SSSR count). The molecule has 2 unspecified atom stereocenters. The number of nitrogens with zero attached hydrogens (tertiary/aromatic N) is 1. The number of terminal acetylenes is 1. The molecule has 0 saturated carbocycles. The van der Waals surface area contributed by atoms with Crippen molar-refractivity contribution in [3.8, 4) is 12.3 Å². The molecule has 0 spiro atoms. The third-order valence-electron chi connectivity index (χ3n) is 5.12. The predicted molar refractivity (Wildman–Crippen MR) is 105 cm³/mol. The number of anilines is 1. The molecule has 4 heteroatoms. The zero-order valence-electron chi connectivity index (χ0n) is 14.4. The Morgan fingerprint density at radius 3 is 2.81 bits per heavy atom. The van der Waals surface area contributed by atoms with Gasteiger partial charge < -0.3 is 5.32 Å². The minimum atomic E-state index is -0.609. The van der Waals surface area contributed by atoms with E-state index in [1.165, 1.54) is 16.9 Å². The number of carbonyl (C=O) groups excluding carboxylic acids is 1. The summed E-state index contributed by atoms with van der Waals surface area (Å²) in [5, 5.41) is 5.48. The van der Waals surface area contributed by atoms with Gasteiger partial charge in [-0.1, -0.05) is 42.3 Å². The molecular formula is C22H18N2OS. The van der Waals surface area contributed by atoms with Crippen LogP contribution in [-0.4, -0.2) is 10.9 Å². The molecule has 128 valence electrons. The fourth-order valence-corrected chi connectivity index (χ4v) is 4.41. The van der Waals surface area contributed by atoms with Crippen molar-refractivity contribution in [3.05, 3.63) is 82.4 Å². The molecule has 2 aromatic carbocycles. The average molecular weight is 358 g/mol. The number of carbonyl (C=O) groups is 1.